The van der Waals surface area contributed by atoms with Crippen LogP contribution in [0.3, 0.4) is 0 Å². The van der Waals surface area contributed by atoms with E-state index in [4.69, 9.17) is 22.2 Å². The van der Waals surface area contributed by atoms with Gasteiger partial charge in [-0.15, -0.1) is 6.58 Å². The number of anilines is 1. The molecule has 0 radical (unpaired) electrons. The fourth-order valence-electron chi connectivity index (χ4n) is 1.26. The number of nitrogens with zero attached hydrogens (tertiary/aromatic N) is 2. The molecule has 0 fully saturated rings. The van der Waals surface area contributed by atoms with E-state index >= 15 is 0 Å². The Morgan fingerprint density at radius 1 is 1.56 bits per heavy atom. The SMILES string of the molecule is C=CCN(C(=S)C#N)c1ccc(OC)cc1. The Hall–Kier alpha value is -1.86. The molecule has 16 heavy (non-hydrogen) atoms. The highest BCUT2D eigenvalue weighted by Gasteiger charge is 2.09. The van der Waals surface area contributed by atoms with Crippen LogP contribution in [0, 0.1) is 11.3 Å². The molecule has 0 bridgehead atoms. The summed E-state index contributed by atoms with van der Waals surface area (Å²) in [5.41, 5.74) is 0.854. The van der Waals surface area contributed by atoms with Gasteiger partial charge in [-0.3, -0.25) is 0 Å². The van der Waals surface area contributed by atoms with Gasteiger partial charge in [0.2, 0.25) is 0 Å². The van der Waals surface area contributed by atoms with Crippen molar-refractivity contribution in [2.75, 3.05) is 18.6 Å². The van der Waals surface area contributed by atoms with Gasteiger partial charge in [-0.25, -0.2) is 0 Å². The van der Waals surface area contributed by atoms with Crippen molar-refractivity contribution in [1.29, 1.82) is 5.26 Å². The summed E-state index contributed by atoms with van der Waals surface area (Å²) in [5, 5.41) is 8.80. The van der Waals surface area contributed by atoms with Crippen LogP contribution in [-0.2, 0) is 0 Å². The molecule has 1 aromatic rings. The number of nitriles is 1. The highest BCUT2D eigenvalue weighted by molar-refractivity contribution is 7.81. The summed E-state index contributed by atoms with van der Waals surface area (Å²) in [6.45, 7) is 4.15. The zero-order chi connectivity index (χ0) is 12.0. The van der Waals surface area contributed by atoms with E-state index in [9.17, 15) is 0 Å². The van der Waals surface area contributed by atoms with Crippen LogP contribution in [0.4, 0.5) is 5.69 Å². The second-order valence-electron chi connectivity index (χ2n) is 3.01. The third-order valence-corrected chi connectivity index (χ3v) is 2.35. The van der Waals surface area contributed by atoms with Crippen LogP contribution in [0.25, 0.3) is 0 Å². The van der Waals surface area contributed by atoms with Crippen molar-refractivity contribution in [3.05, 3.63) is 36.9 Å². The predicted molar refractivity (Wildman–Crippen MR) is 68.7 cm³/mol. The van der Waals surface area contributed by atoms with E-state index in [1.54, 1.807) is 18.1 Å². The van der Waals surface area contributed by atoms with Crippen LogP contribution >= 0.6 is 12.2 Å². The minimum atomic E-state index is 0.227. The van der Waals surface area contributed by atoms with Crippen LogP contribution < -0.4 is 9.64 Å². The first kappa shape index (κ1) is 12.2. The molecule has 1 rings (SSSR count). The molecule has 0 saturated carbocycles. The summed E-state index contributed by atoms with van der Waals surface area (Å²) in [4.78, 5) is 1.94. The van der Waals surface area contributed by atoms with Crippen LogP contribution in [0.5, 0.6) is 5.75 Å². The second kappa shape index (κ2) is 5.89. The molecule has 4 heteroatoms. The van der Waals surface area contributed by atoms with Crippen molar-refractivity contribution in [2.24, 2.45) is 0 Å². The Balaban J connectivity index is 2.97. The van der Waals surface area contributed by atoms with Crippen molar-refractivity contribution < 1.29 is 4.74 Å². The van der Waals surface area contributed by atoms with Gasteiger partial charge < -0.3 is 9.64 Å². The third kappa shape index (κ3) is 2.81. The van der Waals surface area contributed by atoms with Crippen LogP contribution in [0.1, 0.15) is 0 Å². The molecule has 0 amide bonds. The number of rotatable bonds is 4. The van der Waals surface area contributed by atoms with Gasteiger partial charge in [0.1, 0.15) is 11.8 Å². The Labute approximate surface area is 101 Å². The maximum absolute atomic E-state index is 8.80. The lowest BCUT2D eigenvalue weighted by Gasteiger charge is -2.20. The molecule has 0 atom stereocenters. The van der Waals surface area contributed by atoms with E-state index in [1.165, 1.54) is 0 Å². The van der Waals surface area contributed by atoms with Crippen molar-refractivity contribution >= 4 is 22.9 Å². The second-order valence-corrected chi connectivity index (χ2v) is 3.40. The number of hydrogen-bond donors (Lipinski definition) is 0. The maximum atomic E-state index is 8.80. The van der Waals surface area contributed by atoms with Crippen molar-refractivity contribution in [3.8, 4) is 11.8 Å². The Bertz CT molecular complexity index is 420. The lowest BCUT2D eigenvalue weighted by molar-refractivity contribution is 0.415. The molecule has 0 spiro atoms. The number of ether oxygens (including phenoxy) is 1. The van der Waals surface area contributed by atoms with E-state index in [2.05, 4.69) is 6.58 Å². The van der Waals surface area contributed by atoms with Gasteiger partial charge >= 0.3 is 0 Å². The Morgan fingerprint density at radius 3 is 2.62 bits per heavy atom. The summed E-state index contributed by atoms with van der Waals surface area (Å²) in [6, 6.07) is 9.31. The lowest BCUT2D eigenvalue weighted by Crippen LogP contribution is -2.28. The summed E-state index contributed by atoms with van der Waals surface area (Å²) in [5.74, 6) is 0.769. The minimum Gasteiger partial charge on any atom is -0.497 e. The monoisotopic (exact) mass is 232 g/mol. The fourth-order valence-corrected chi connectivity index (χ4v) is 1.44. The van der Waals surface area contributed by atoms with Gasteiger partial charge in [-0.2, -0.15) is 5.26 Å². The van der Waals surface area contributed by atoms with Gasteiger partial charge in [-0.05, 0) is 36.5 Å². The number of benzene rings is 1. The fraction of sp³-hybridized carbons (Fsp3) is 0.167. The molecule has 0 saturated heterocycles. The Kier molecular flexibility index (Phi) is 4.49. The van der Waals surface area contributed by atoms with E-state index < -0.39 is 0 Å². The largest absolute Gasteiger partial charge is 0.497 e. The first-order valence-corrected chi connectivity index (χ1v) is 5.10. The highest BCUT2D eigenvalue weighted by Crippen LogP contribution is 2.19. The molecule has 82 valence electrons. The average molecular weight is 232 g/mol. The van der Waals surface area contributed by atoms with Crippen LogP contribution in [0.2, 0.25) is 0 Å². The van der Waals surface area contributed by atoms with Gasteiger partial charge in [0, 0.05) is 12.2 Å². The molecule has 0 aliphatic rings. The van der Waals surface area contributed by atoms with Crippen LogP contribution in [0.15, 0.2) is 36.9 Å². The summed E-state index contributed by atoms with van der Waals surface area (Å²) >= 11 is 4.97. The summed E-state index contributed by atoms with van der Waals surface area (Å²) in [6.07, 6.45) is 1.70. The first-order chi connectivity index (χ1) is 7.72. The average Bonchev–Trinajstić information content (AvgIpc) is 2.35. The maximum Gasteiger partial charge on any atom is 0.185 e. The molecule has 0 N–H and O–H groups in total. The third-order valence-electron chi connectivity index (χ3n) is 2.04. The Morgan fingerprint density at radius 2 is 2.19 bits per heavy atom. The van der Waals surface area contributed by atoms with E-state index in [-0.39, 0.29) is 4.99 Å². The lowest BCUT2D eigenvalue weighted by atomic mass is 10.2. The van der Waals surface area contributed by atoms with Gasteiger partial charge in [-0.1, -0.05) is 6.08 Å². The molecule has 0 aromatic heterocycles. The van der Waals surface area contributed by atoms with E-state index in [1.807, 2.05) is 30.3 Å². The molecule has 0 unspecified atom stereocenters. The quantitative estimate of drug-likeness (QED) is 0.590. The van der Waals surface area contributed by atoms with Crippen molar-refractivity contribution in [2.45, 2.75) is 0 Å². The normalized spacial score (nSPS) is 9.00. The molecule has 1 aromatic carbocycles. The van der Waals surface area contributed by atoms with E-state index in [0.717, 1.165) is 11.4 Å². The molecule has 0 aliphatic carbocycles. The van der Waals surface area contributed by atoms with Gasteiger partial charge in [0.05, 0.1) is 7.11 Å². The van der Waals surface area contributed by atoms with Crippen LogP contribution in [-0.4, -0.2) is 18.6 Å². The molecule has 0 heterocycles. The zero-order valence-electron chi connectivity index (χ0n) is 9.01. The van der Waals surface area contributed by atoms with Gasteiger partial charge in [0.15, 0.2) is 4.99 Å². The minimum absolute atomic E-state index is 0.227. The zero-order valence-corrected chi connectivity index (χ0v) is 9.83. The highest BCUT2D eigenvalue weighted by atomic mass is 32.1. The summed E-state index contributed by atoms with van der Waals surface area (Å²) < 4.78 is 5.06. The molecular formula is C12H12N2OS. The standard InChI is InChI=1S/C12H12N2OS/c1-3-8-14(12(16)9-13)10-4-6-11(15-2)7-5-10/h3-7H,1,8H2,2H3. The summed E-state index contributed by atoms with van der Waals surface area (Å²) in [7, 11) is 1.61. The topological polar surface area (TPSA) is 36.3 Å². The number of methoxy groups -OCH3 is 1. The first-order valence-electron chi connectivity index (χ1n) is 4.69. The van der Waals surface area contributed by atoms with Gasteiger partial charge in [0.25, 0.3) is 0 Å². The predicted octanol–water partition coefficient (Wildman–Crippen LogP) is 2.54. The smallest absolute Gasteiger partial charge is 0.185 e. The molecular weight excluding hydrogens is 220 g/mol. The van der Waals surface area contributed by atoms with Crippen molar-refractivity contribution in [1.82, 2.24) is 0 Å². The molecule has 0 aliphatic heterocycles. The van der Waals surface area contributed by atoms with Crippen molar-refractivity contribution in [3.63, 3.8) is 0 Å². The molecule has 3 nitrogen and oxygen atoms in total. The van der Waals surface area contributed by atoms with E-state index in [0.29, 0.717) is 6.54 Å². The number of hydrogen-bond acceptors (Lipinski definition) is 3. The number of thiocarbonyl (C=S) groups is 1.